The van der Waals surface area contributed by atoms with Crippen LogP contribution in [0.5, 0.6) is 0 Å². The summed E-state index contributed by atoms with van der Waals surface area (Å²) >= 11 is 0. The van der Waals surface area contributed by atoms with E-state index in [0.717, 1.165) is 44.9 Å². The summed E-state index contributed by atoms with van der Waals surface area (Å²) in [5.74, 6) is 0.995. The van der Waals surface area contributed by atoms with Gasteiger partial charge in [0.1, 0.15) is 0 Å². The highest BCUT2D eigenvalue weighted by Crippen LogP contribution is 2.42. The zero-order chi connectivity index (χ0) is 22.1. The first kappa shape index (κ1) is 22.3. The average molecular weight is 438 g/mol. The Bertz CT molecular complexity index is 812. The Labute approximate surface area is 195 Å². The van der Waals surface area contributed by atoms with Gasteiger partial charge in [-0.15, -0.1) is 0 Å². The third-order valence-corrected chi connectivity index (χ3v) is 8.37. The van der Waals surface area contributed by atoms with E-state index < -0.39 is 0 Å². The zero-order valence-electron chi connectivity index (χ0n) is 20.6. The van der Waals surface area contributed by atoms with Crippen molar-refractivity contribution in [3.63, 3.8) is 0 Å². The van der Waals surface area contributed by atoms with E-state index in [2.05, 4.69) is 52.8 Å². The SMILES string of the molecule is COC1CCN(c2ccc(N3CCN(CC4CC4)CC3)c(C3=CCC(C)(C)CC3)c2)CC1. The maximum atomic E-state index is 5.60. The summed E-state index contributed by atoms with van der Waals surface area (Å²) in [5.41, 5.74) is 6.39. The maximum Gasteiger partial charge on any atom is 0.0605 e. The van der Waals surface area contributed by atoms with Crippen LogP contribution in [0.15, 0.2) is 24.3 Å². The van der Waals surface area contributed by atoms with Gasteiger partial charge < -0.3 is 14.5 Å². The number of piperazine rings is 1. The minimum absolute atomic E-state index is 0.431. The van der Waals surface area contributed by atoms with Crippen molar-refractivity contribution in [3.8, 4) is 0 Å². The Morgan fingerprint density at radius 1 is 0.938 bits per heavy atom. The van der Waals surface area contributed by atoms with Gasteiger partial charge in [0, 0.05) is 69.9 Å². The average Bonchev–Trinajstić information content (AvgIpc) is 3.63. The Hall–Kier alpha value is -1.52. The number of benzene rings is 1. The monoisotopic (exact) mass is 437 g/mol. The molecule has 0 aromatic heterocycles. The van der Waals surface area contributed by atoms with E-state index >= 15 is 0 Å². The highest BCUT2D eigenvalue weighted by Gasteiger charge is 2.29. The van der Waals surface area contributed by atoms with Crippen molar-refractivity contribution in [2.24, 2.45) is 11.3 Å². The van der Waals surface area contributed by atoms with Gasteiger partial charge in [0.05, 0.1) is 6.10 Å². The number of allylic oxidation sites excluding steroid dienone is 2. The lowest BCUT2D eigenvalue weighted by Crippen LogP contribution is -2.47. The standard InChI is InChI=1S/C28H43N3O/c1-28(2)12-8-23(9-13-28)26-20-24(30-14-10-25(32-3)11-15-30)6-7-27(26)31-18-16-29(17-19-31)21-22-4-5-22/h6-8,20,22,25H,4-5,9-19,21H2,1-3H3. The molecule has 1 aromatic rings. The van der Waals surface area contributed by atoms with Crippen LogP contribution in [0.2, 0.25) is 0 Å². The summed E-state index contributed by atoms with van der Waals surface area (Å²) in [5, 5.41) is 0. The van der Waals surface area contributed by atoms with E-state index in [-0.39, 0.29) is 0 Å². The van der Waals surface area contributed by atoms with E-state index in [1.54, 1.807) is 5.57 Å². The molecule has 176 valence electrons. The lowest BCUT2D eigenvalue weighted by Gasteiger charge is -2.39. The first-order chi connectivity index (χ1) is 15.5. The Morgan fingerprint density at radius 3 is 2.31 bits per heavy atom. The van der Waals surface area contributed by atoms with Gasteiger partial charge in [-0.25, -0.2) is 0 Å². The summed E-state index contributed by atoms with van der Waals surface area (Å²) in [4.78, 5) is 7.94. The molecule has 0 bridgehead atoms. The van der Waals surface area contributed by atoms with Gasteiger partial charge in [0.15, 0.2) is 0 Å². The lowest BCUT2D eigenvalue weighted by molar-refractivity contribution is 0.0819. The van der Waals surface area contributed by atoms with Crippen LogP contribution >= 0.6 is 0 Å². The van der Waals surface area contributed by atoms with Crippen LogP contribution in [0, 0.1) is 11.3 Å². The predicted octanol–water partition coefficient (Wildman–Crippen LogP) is 5.43. The van der Waals surface area contributed by atoms with Crippen LogP contribution in [0.3, 0.4) is 0 Å². The number of hydrogen-bond donors (Lipinski definition) is 0. The molecule has 3 fully saturated rings. The fraction of sp³-hybridized carbons (Fsp3) is 0.714. The molecule has 5 rings (SSSR count). The molecule has 2 heterocycles. The summed E-state index contributed by atoms with van der Waals surface area (Å²) in [6, 6.07) is 7.34. The quantitative estimate of drug-likeness (QED) is 0.591. The Balaban J connectivity index is 1.36. The second-order valence-corrected chi connectivity index (χ2v) is 11.5. The molecule has 2 aliphatic carbocycles. The number of methoxy groups -OCH3 is 1. The lowest BCUT2D eigenvalue weighted by atomic mass is 9.76. The first-order valence-electron chi connectivity index (χ1n) is 13.1. The Kier molecular flexibility index (Phi) is 6.53. The minimum Gasteiger partial charge on any atom is -0.381 e. The second-order valence-electron chi connectivity index (χ2n) is 11.5. The second kappa shape index (κ2) is 9.38. The minimum atomic E-state index is 0.431. The maximum absolute atomic E-state index is 5.60. The van der Waals surface area contributed by atoms with Crippen molar-refractivity contribution in [1.82, 2.24) is 4.90 Å². The van der Waals surface area contributed by atoms with Crippen molar-refractivity contribution < 1.29 is 4.74 Å². The van der Waals surface area contributed by atoms with Gasteiger partial charge in [0.2, 0.25) is 0 Å². The predicted molar refractivity (Wildman–Crippen MR) is 136 cm³/mol. The molecule has 0 N–H and O–H groups in total. The van der Waals surface area contributed by atoms with E-state index in [0.29, 0.717) is 11.5 Å². The number of anilines is 2. The number of ether oxygens (including phenoxy) is 1. The molecule has 32 heavy (non-hydrogen) atoms. The smallest absolute Gasteiger partial charge is 0.0605 e. The molecule has 0 amide bonds. The van der Waals surface area contributed by atoms with Crippen LogP contribution in [-0.4, -0.2) is 63.9 Å². The molecule has 1 saturated carbocycles. The van der Waals surface area contributed by atoms with Crippen LogP contribution in [0.25, 0.3) is 5.57 Å². The molecule has 0 spiro atoms. The normalized spacial score (nSPS) is 25.2. The van der Waals surface area contributed by atoms with Gasteiger partial charge in [0.25, 0.3) is 0 Å². The van der Waals surface area contributed by atoms with Crippen LogP contribution in [-0.2, 0) is 4.74 Å². The fourth-order valence-electron chi connectivity index (χ4n) is 5.76. The van der Waals surface area contributed by atoms with Crippen molar-refractivity contribution in [2.45, 2.75) is 64.9 Å². The topological polar surface area (TPSA) is 19.0 Å². The van der Waals surface area contributed by atoms with Gasteiger partial charge in [-0.3, -0.25) is 4.90 Å². The molecule has 0 unspecified atom stereocenters. The third kappa shape index (κ3) is 5.17. The van der Waals surface area contributed by atoms with Gasteiger partial charge in [-0.1, -0.05) is 19.9 Å². The number of piperidine rings is 1. The fourth-order valence-corrected chi connectivity index (χ4v) is 5.76. The van der Waals surface area contributed by atoms with Crippen LogP contribution in [0.4, 0.5) is 11.4 Å². The largest absolute Gasteiger partial charge is 0.381 e. The van der Waals surface area contributed by atoms with E-state index in [9.17, 15) is 0 Å². The number of nitrogens with zero attached hydrogens (tertiary/aromatic N) is 3. The van der Waals surface area contributed by atoms with Crippen molar-refractivity contribution in [1.29, 1.82) is 0 Å². The van der Waals surface area contributed by atoms with E-state index in [1.807, 2.05) is 7.11 Å². The molecule has 0 radical (unpaired) electrons. The molecule has 2 aliphatic heterocycles. The molecule has 4 nitrogen and oxygen atoms in total. The van der Waals surface area contributed by atoms with E-state index in [1.165, 1.54) is 68.7 Å². The first-order valence-corrected chi connectivity index (χ1v) is 13.1. The molecule has 4 aliphatic rings. The molecule has 1 aromatic carbocycles. The number of rotatable bonds is 6. The van der Waals surface area contributed by atoms with E-state index in [4.69, 9.17) is 4.74 Å². The van der Waals surface area contributed by atoms with Crippen molar-refractivity contribution in [3.05, 3.63) is 29.8 Å². The number of hydrogen-bond acceptors (Lipinski definition) is 4. The van der Waals surface area contributed by atoms with Crippen LogP contribution in [0.1, 0.15) is 64.4 Å². The zero-order valence-corrected chi connectivity index (χ0v) is 20.6. The highest BCUT2D eigenvalue weighted by molar-refractivity contribution is 5.80. The molecular formula is C28H43N3O. The van der Waals surface area contributed by atoms with Crippen molar-refractivity contribution >= 4 is 16.9 Å². The molecule has 0 atom stereocenters. The summed E-state index contributed by atoms with van der Waals surface area (Å²) < 4.78 is 5.60. The Morgan fingerprint density at radius 2 is 1.69 bits per heavy atom. The molecule has 2 saturated heterocycles. The van der Waals surface area contributed by atoms with Crippen molar-refractivity contribution in [2.75, 3.05) is 62.7 Å². The summed E-state index contributed by atoms with van der Waals surface area (Å²) in [6.07, 6.45) is 11.8. The third-order valence-electron chi connectivity index (χ3n) is 8.37. The van der Waals surface area contributed by atoms with Crippen LogP contribution < -0.4 is 9.80 Å². The summed E-state index contributed by atoms with van der Waals surface area (Å²) in [7, 11) is 1.86. The molecule has 4 heteroatoms. The van der Waals surface area contributed by atoms with Gasteiger partial charge >= 0.3 is 0 Å². The van der Waals surface area contributed by atoms with Gasteiger partial charge in [-0.05, 0) is 80.1 Å². The molecular weight excluding hydrogens is 394 g/mol. The summed E-state index contributed by atoms with van der Waals surface area (Å²) in [6.45, 7) is 13.1. The highest BCUT2D eigenvalue weighted by atomic mass is 16.5. The van der Waals surface area contributed by atoms with Gasteiger partial charge in [-0.2, -0.15) is 0 Å².